The standard InChI is InChI=1S/C29H27FN2O4/c30-22-13-10-20(11-14-22)24-8-4-5-9-25(21-12-15-26-27(16-21)36-18-35-26)32-29(34)23(17-28(33)31-24)19-6-2-1-3-7-19/h1-7,10-16,23-25H,8-9,17-18H2,(H,31,33)(H,32,34)/b5-4-/t23-,24+,25-/m0/s1. The molecule has 2 amide bonds. The Morgan fingerprint density at radius 1 is 0.722 bits per heavy atom. The monoisotopic (exact) mass is 486 g/mol. The Morgan fingerprint density at radius 3 is 2.14 bits per heavy atom. The average molecular weight is 487 g/mol. The number of hydrogen-bond acceptors (Lipinski definition) is 4. The van der Waals surface area contributed by atoms with Gasteiger partial charge in [0.25, 0.3) is 0 Å². The molecule has 3 aromatic carbocycles. The van der Waals surface area contributed by atoms with E-state index in [2.05, 4.69) is 10.6 Å². The summed E-state index contributed by atoms with van der Waals surface area (Å²) in [7, 11) is 0. The van der Waals surface area contributed by atoms with E-state index in [-0.39, 0.29) is 42.9 Å². The minimum Gasteiger partial charge on any atom is -0.454 e. The average Bonchev–Trinajstić information content (AvgIpc) is 3.36. The van der Waals surface area contributed by atoms with Gasteiger partial charge in [0.1, 0.15) is 5.82 Å². The second kappa shape index (κ2) is 10.6. The highest BCUT2D eigenvalue weighted by Gasteiger charge is 2.28. The minimum atomic E-state index is -0.667. The first-order chi connectivity index (χ1) is 17.6. The molecule has 0 saturated heterocycles. The molecular formula is C29H27FN2O4. The number of carbonyl (C=O) groups is 2. The summed E-state index contributed by atoms with van der Waals surface area (Å²) < 4.78 is 24.5. The minimum absolute atomic E-state index is 0.00881. The molecule has 3 atom stereocenters. The molecule has 2 aliphatic rings. The van der Waals surface area contributed by atoms with Crippen molar-refractivity contribution in [3.63, 3.8) is 0 Å². The van der Waals surface area contributed by atoms with Crippen molar-refractivity contribution in [1.29, 1.82) is 0 Å². The van der Waals surface area contributed by atoms with Crippen LogP contribution in [0.2, 0.25) is 0 Å². The largest absolute Gasteiger partial charge is 0.454 e. The first kappa shape index (κ1) is 23.6. The van der Waals surface area contributed by atoms with Gasteiger partial charge in [0.15, 0.2) is 11.5 Å². The number of benzene rings is 3. The molecule has 2 N–H and O–H groups in total. The highest BCUT2D eigenvalue weighted by Crippen LogP contribution is 2.35. The van der Waals surface area contributed by atoms with Gasteiger partial charge in [-0.25, -0.2) is 4.39 Å². The molecule has 0 radical (unpaired) electrons. The quantitative estimate of drug-likeness (QED) is 0.506. The summed E-state index contributed by atoms with van der Waals surface area (Å²) in [6, 6.07) is 20.4. The maximum Gasteiger partial charge on any atom is 0.231 e. The van der Waals surface area contributed by atoms with Crippen LogP contribution in [0.4, 0.5) is 4.39 Å². The van der Waals surface area contributed by atoms with Crippen molar-refractivity contribution in [1.82, 2.24) is 10.6 Å². The summed E-state index contributed by atoms with van der Waals surface area (Å²) in [5, 5.41) is 6.19. The molecule has 0 fully saturated rings. The number of nitrogens with one attached hydrogen (secondary N) is 2. The number of rotatable bonds is 3. The van der Waals surface area contributed by atoms with Crippen LogP contribution in [0.25, 0.3) is 0 Å². The fourth-order valence-corrected chi connectivity index (χ4v) is 4.60. The van der Waals surface area contributed by atoms with Crippen molar-refractivity contribution in [2.24, 2.45) is 0 Å². The fourth-order valence-electron chi connectivity index (χ4n) is 4.60. The van der Waals surface area contributed by atoms with Gasteiger partial charge < -0.3 is 20.1 Å². The number of hydrogen-bond donors (Lipinski definition) is 2. The van der Waals surface area contributed by atoms with E-state index in [4.69, 9.17) is 9.47 Å². The van der Waals surface area contributed by atoms with Crippen molar-refractivity contribution in [3.05, 3.63) is 107 Å². The van der Waals surface area contributed by atoms with Crippen LogP contribution in [0.5, 0.6) is 11.5 Å². The molecule has 5 rings (SSSR count). The van der Waals surface area contributed by atoms with E-state index < -0.39 is 5.92 Å². The molecule has 0 bridgehead atoms. The van der Waals surface area contributed by atoms with Gasteiger partial charge in [-0.2, -0.15) is 0 Å². The molecule has 0 spiro atoms. The molecule has 0 aromatic heterocycles. The Hall–Kier alpha value is -4.13. The second-order valence-corrected chi connectivity index (χ2v) is 8.96. The Labute approximate surface area is 209 Å². The molecule has 2 heterocycles. The predicted molar refractivity (Wildman–Crippen MR) is 133 cm³/mol. The highest BCUT2D eigenvalue weighted by atomic mass is 19.1. The van der Waals surface area contributed by atoms with Crippen LogP contribution in [0.3, 0.4) is 0 Å². The first-order valence-corrected chi connectivity index (χ1v) is 12.0. The molecule has 0 unspecified atom stereocenters. The third-order valence-electron chi connectivity index (χ3n) is 6.54. The number of amides is 2. The molecule has 2 aliphatic heterocycles. The highest BCUT2D eigenvalue weighted by molar-refractivity contribution is 5.90. The molecule has 0 aliphatic carbocycles. The van der Waals surface area contributed by atoms with Gasteiger partial charge in [0.2, 0.25) is 18.6 Å². The Morgan fingerprint density at radius 2 is 1.39 bits per heavy atom. The third-order valence-corrected chi connectivity index (χ3v) is 6.54. The Balaban J connectivity index is 1.48. The van der Waals surface area contributed by atoms with Crippen LogP contribution in [0, 0.1) is 5.82 Å². The summed E-state index contributed by atoms with van der Waals surface area (Å²) in [6.45, 7) is 0.172. The summed E-state index contributed by atoms with van der Waals surface area (Å²) in [5.74, 6) is -0.156. The van der Waals surface area contributed by atoms with E-state index in [1.807, 2.05) is 60.7 Å². The zero-order valence-corrected chi connectivity index (χ0v) is 19.7. The Bertz CT molecular complexity index is 1260. The van der Waals surface area contributed by atoms with Gasteiger partial charge in [-0.05, 0) is 53.8 Å². The van der Waals surface area contributed by atoms with Crippen LogP contribution in [0.15, 0.2) is 84.9 Å². The van der Waals surface area contributed by atoms with Gasteiger partial charge in [-0.15, -0.1) is 0 Å². The van der Waals surface area contributed by atoms with E-state index in [1.165, 1.54) is 12.1 Å². The van der Waals surface area contributed by atoms with Crippen molar-refractivity contribution in [2.45, 2.75) is 37.3 Å². The smallest absolute Gasteiger partial charge is 0.231 e. The third kappa shape index (κ3) is 5.40. The van der Waals surface area contributed by atoms with Crippen LogP contribution < -0.4 is 20.1 Å². The van der Waals surface area contributed by atoms with E-state index in [9.17, 15) is 14.0 Å². The summed E-state index contributed by atoms with van der Waals surface area (Å²) >= 11 is 0. The maximum atomic E-state index is 13.6. The maximum absolute atomic E-state index is 13.6. The van der Waals surface area contributed by atoms with Crippen LogP contribution in [0.1, 0.15) is 54.0 Å². The molecule has 7 heteroatoms. The molecule has 3 aromatic rings. The molecule has 0 saturated carbocycles. The normalized spacial score (nSPS) is 23.1. The molecular weight excluding hydrogens is 459 g/mol. The molecule has 6 nitrogen and oxygen atoms in total. The summed E-state index contributed by atoms with van der Waals surface area (Å²) in [6.07, 6.45) is 5.06. The first-order valence-electron chi connectivity index (χ1n) is 12.0. The topological polar surface area (TPSA) is 76.7 Å². The van der Waals surface area contributed by atoms with Crippen molar-refractivity contribution in [3.8, 4) is 11.5 Å². The summed E-state index contributed by atoms with van der Waals surface area (Å²) in [4.78, 5) is 26.7. The number of fused-ring (bicyclic) bond motifs is 1. The lowest BCUT2D eigenvalue weighted by atomic mass is 9.92. The fraction of sp³-hybridized carbons (Fsp3) is 0.241. The lowest BCUT2D eigenvalue weighted by Crippen LogP contribution is -2.37. The zero-order valence-electron chi connectivity index (χ0n) is 19.7. The van der Waals surface area contributed by atoms with Crippen LogP contribution >= 0.6 is 0 Å². The van der Waals surface area contributed by atoms with E-state index >= 15 is 0 Å². The SMILES string of the molecule is O=C1C[C@@H](c2ccccc2)C(=O)N[C@H](c2ccc3c(c2)OCO3)C/C=C\C[C@H](c2ccc(F)cc2)N1. The van der Waals surface area contributed by atoms with Crippen molar-refractivity contribution >= 4 is 11.8 Å². The van der Waals surface area contributed by atoms with Gasteiger partial charge in [-0.1, -0.05) is 60.7 Å². The van der Waals surface area contributed by atoms with Crippen molar-refractivity contribution in [2.75, 3.05) is 6.79 Å². The van der Waals surface area contributed by atoms with Gasteiger partial charge in [-0.3, -0.25) is 9.59 Å². The van der Waals surface area contributed by atoms with Gasteiger partial charge in [0, 0.05) is 6.42 Å². The number of carbonyl (C=O) groups excluding carboxylic acids is 2. The number of ether oxygens (including phenoxy) is 2. The van der Waals surface area contributed by atoms with Crippen LogP contribution in [-0.4, -0.2) is 18.6 Å². The predicted octanol–water partition coefficient (Wildman–Crippen LogP) is 5.09. The lowest BCUT2D eigenvalue weighted by molar-refractivity contribution is -0.128. The number of halogens is 1. The molecule has 36 heavy (non-hydrogen) atoms. The Kier molecular flexibility index (Phi) is 6.98. The van der Waals surface area contributed by atoms with Gasteiger partial charge >= 0.3 is 0 Å². The summed E-state index contributed by atoms with van der Waals surface area (Å²) in [5.41, 5.74) is 2.46. The van der Waals surface area contributed by atoms with Crippen molar-refractivity contribution < 1.29 is 23.5 Å². The zero-order chi connectivity index (χ0) is 24.9. The lowest BCUT2D eigenvalue weighted by Gasteiger charge is -2.25. The van der Waals surface area contributed by atoms with E-state index in [0.29, 0.717) is 24.3 Å². The van der Waals surface area contributed by atoms with E-state index in [0.717, 1.165) is 16.7 Å². The molecule has 184 valence electrons. The van der Waals surface area contributed by atoms with E-state index in [1.54, 1.807) is 12.1 Å². The van der Waals surface area contributed by atoms with Crippen LogP contribution in [-0.2, 0) is 9.59 Å². The second-order valence-electron chi connectivity index (χ2n) is 8.96. The van der Waals surface area contributed by atoms with Gasteiger partial charge in [0.05, 0.1) is 18.0 Å².